The summed E-state index contributed by atoms with van der Waals surface area (Å²) in [5.41, 5.74) is 1.95. The summed E-state index contributed by atoms with van der Waals surface area (Å²) in [4.78, 5) is 26.7. The molecule has 2 aliphatic rings. The van der Waals surface area contributed by atoms with Crippen molar-refractivity contribution in [3.8, 4) is 5.88 Å². The largest absolute Gasteiger partial charge is 0.480 e. The molecule has 0 bridgehead atoms. The highest BCUT2D eigenvalue weighted by atomic mass is 35.5. The van der Waals surface area contributed by atoms with Crippen molar-refractivity contribution in [3.63, 3.8) is 0 Å². The number of nitrogens with one attached hydrogen (secondary N) is 1. The summed E-state index contributed by atoms with van der Waals surface area (Å²) in [6, 6.07) is 9.27. The SMILES string of the molecule is COc1ccc(C(C)NC(=O)N2C[C@@H](N3CCOC3=O)C(c3ccc(Cl)cc3)=N2)nn1. The van der Waals surface area contributed by atoms with Crippen molar-refractivity contribution in [1.29, 1.82) is 0 Å². The highest BCUT2D eigenvalue weighted by molar-refractivity contribution is 6.30. The predicted molar refractivity (Wildman–Crippen MR) is 112 cm³/mol. The van der Waals surface area contributed by atoms with Crippen molar-refractivity contribution in [1.82, 2.24) is 25.4 Å². The van der Waals surface area contributed by atoms with E-state index in [9.17, 15) is 9.59 Å². The molecule has 2 aromatic rings. The number of cyclic esters (lactones) is 1. The summed E-state index contributed by atoms with van der Waals surface area (Å²) in [7, 11) is 1.51. The quantitative estimate of drug-likeness (QED) is 0.758. The van der Waals surface area contributed by atoms with Gasteiger partial charge in [0.25, 0.3) is 0 Å². The number of aromatic nitrogens is 2. The number of halogens is 1. The van der Waals surface area contributed by atoms with E-state index in [1.165, 1.54) is 12.1 Å². The molecule has 162 valence electrons. The number of urea groups is 1. The summed E-state index contributed by atoms with van der Waals surface area (Å²) in [6.07, 6.45) is -0.421. The second kappa shape index (κ2) is 8.76. The normalized spacial score (nSPS) is 19.1. The average molecular weight is 445 g/mol. The summed E-state index contributed by atoms with van der Waals surface area (Å²) >= 11 is 6.00. The van der Waals surface area contributed by atoms with Crippen LogP contribution >= 0.6 is 11.6 Å². The first-order valence-corrected chi connectivity index (χ1v) is 10.1. The summed E-state index contributed by atoms with van der Waals surface area (Å²) < 4.78 is 10.1. The topological polar surface area (TPSA) is 109 Å². The number of hydrogen-bond acceptors (Lipinski definition) is 7. The van der Waals surface area contributed by atoms with Crippen LogP contribution in [0.2, 0.25) is 5.02 Å². The highest BCUT2D eigenvalue weighted by Gasteiger charge is 2.40. The van der Waals surface area contributed by atoms with E-state index in [1.54, 1.807) is 36.1 Å². The van der Waals surface area contributed by atoms with Crippen LogP contribution in [0.5, 0.6) is 5.88 Å². The van der Waals surface area contributed by atoms with Crippen molar-refractivity contribution in [2.75, 3.05) is 26.8 Å². The monoisotopic (exact) mass is 444 g/mol. The molecule has 1 unspecified atom stereocenters. The molecule has 4 rings (SSSR count). The summed E-state index contributed by atoms with van der Waals surface area (Å²) in [5, 5.41) is 17.3. The predicted octanol–water partition coefficient (Wildman–Crippen LogP) is 2.45. The highest BCUT2D eigenvalue weighted by Crippen LogP contribution is 2.23. The van der Waals surface area contributed by atoms with Crippen LogP contribution in [-0.2, 0) is 4.74 Å². The Hall–Kier alpha value is -3.40. The fourth-order valence-corrected chi connectivity index (χ4v) is 3.55. The van der Waals surface area contributed by atoms with Crippen molar-refractivity contribution < 1.29 is 19.1 Å². The standard InChI is InChI=1S/C20H21ClN6O4/c1-12(15-7-8-17(30-2)24-23-15)22-19(28)27-11-16(26-9-10-31-20(26)29)18(25-27)13-3-5-14(21)6-4-13/h3-8,12,16H,9-11H2,1-2H3,(H,22,28)/t12?,16-/m1/s1. The first-order chi connectivity index (χ1) is 15.0. The summed E-state index contributed by atoms with van der Waals surface area (Å²) in [6.45, 7) is 2.75. The minimum absolute atomic E-state index is 0.208. The van der Waals surface area contributed by atoms with Gasteiger partial charge in [-0.2, -0.15) is 5.10 Å². The van der Waals surface area contributed by atoms with Crippen LogP contribution in [0.4, 0.5) is 9.59 Å². The van der Waals surface area contributed by atoms with Gasteiger partial charge in [0.05, 0.1) is 43.7 Å². The van der Waals surface area contributed by atoms with E-state index in [0.29, 0.717) is 35.5 Å². The lowest BCUT2D eigenvalue weighted by molar-refractivity contribution is 0.150. The smallest absolute Gasteiger partial charge is 0.410 e. The van der Waals surface area contributed by atoms with Crippen molar-refractivity contribution in [2.45, 2.75) is 19.0 Å². The van der Waals surface area contributed by atoms with Crippen molar-refractivity contribution >= 4 is 29.4 Å². The lowest BCUT2D eigenvalue weighted by Gasteiger charge is -2.23. The first kappa shape index (κ1) is 20.9. The molecule has 31 heavy (non-hydrogen) atoms. The molecule has 1 fully saturated rings. The average Bonchev–Trinajstić information content (AvgIpc) is 3.40. The van der Waals surface area contributed by atoms with Gasteiger partial charge in [-0.15, -0.1) is 10.2 Å². The Balaban J connectivity index is 1.53. The number of rotatable bonds is 5. The molecular formula is C20H21ClN6O4. The van der Waals surface area contributed by atoms with E-state index in [-0.39, 0.29) is 6.54 Å². The van der Waals surface area contributed by atoms with Gasteiger partial charge in [0.1, 0.15) is 6.61 Å². The van der Waals surface area contributed by atoms with E-state index in [2.05, 4.69) is 20.6 Å². The molecule has 3 amide bonds. The first-order valence-electron chi connectivity index (χ1n) is 9.69. The number of amides is 3. The molecular weight excluding hydrogens is 424 g/mol. The van der Waals surface area contributed by atoms with Gasteiger partial charge >= 0.3 is 12.1 Å². The maximum Gasteiger partial charge on any atom is 0.410 e. The van der Waals surface area contributed by atoms with E-state index in [0.717, 1.165) is 5.56 Å². The van der Waals surface area contributed by atoms with Crippen LogP contribution in [0.3, 0.4) is 0 Å². The minimum Gasteiger partial charge on any atom is -0.480 e. The second-order valence-corrected chi connectivity index (χ2v) is 7.51. The lowest BCUT2D eigenvalue weighted by atomic mass is 10.0. The molecule has 2 atom stereocenters. The Kier molecular flexibility index (Phi) is 5.90. The third kappa shape index (κ3) is 4.38. The molecule has 0 spiro atoms. The lowest BCUT2D eigenvalue weighted by Crippen LogP contribution is -2.46. The van der Waals surface area contributed by atoms with Gasteiger partial charge in [-0.3, -0.25) is 4.90 Å². The van der Waals surface area contributed by atoms with Crippen LogP contribution in [0.15, 0.2) is 41.5 Å². The molecule has 1 N–H and O–H groups in total. The van der Waals surface area contributed by atoms with Gasteiger partial charge in [-0.1, -0.05) is 23.7 Å². The zero-order valence-corrected chi connectivity index (χ0v) is 17.7. The fraction of sp³-hybridized carbons (Fsp3) is 0.350. The van der Waals surface area contributed by atoms with Gasteiger partial charge in [0, 0.05) is 16.7 Å². The number of hydrogen-bond donors (Lipinski definition) is 1. The fourth-order valence-electron chi connectivity index (χ4n) is 3.43. The number of benzene rings is 1. The van der Waals surface area contributed by atoms with Gasteiger partial charge in [0.15, 0.2) is 0 Å². The molecule has 3 heterocycles. The Morgan fingerprint density at radius 3 is 2.65 bits per heavy atom. The third-order valence-corrected chi connectivity index (χ3v) is 5.34. The Labute approximate surface area is 183 Å². The molecule has 1 aromatic heterocycles. The molecule has 0 radical (unpaired) electrons. The van der Waals surface area contributed by atoms with E-state index in [1.807, 2.05) is 12.1 Å². The van der Waals surface area contributed by atoms with Gasteiger partial charge in [-0.25, -0.2) is 14.6 Å². The van der Waals surface area contributed by atoms with Gasteiger partial charge in [0.2, 0.25) is 5.88 Å². The number of carbonyl (C=O) groups excluding carboxylic acids is 2. The third-order valence-electron chi connectivity index (χ3n) is 5.09. The molecule has 0 saturated carbocycles. The van der Waals surface area contributed by atoms with Crippen molar-refractivity contribution in [3.05, 3.63) is 52.7 Å². The minimum atomic E-state index is -0.421. The van der Waals surface area contributed by atoms with Gasteiger partial charge in [-0.05, 0) is 25.1 Å². The van der Waals surface area contributed by atoms with E-state index >= 15 is 0 Å². The molecule has 10 nitrogen and oxygen atoms in total. The van der Waals surface area contributed by atoms with Crippen LogP contribution in [0.1, 0.15) is 24.2 Å². The van der Waals surface area contributed by atoms with Crippen LogP contribution < -0.4 is 10.1 Å². The Morgan fingerprint density at radius 1 is 1.26 bits per heavy atom. The molecule has 1 saturated heterocycles. The Bertz CT molecular complexity index is 998. The number of carbonyl (C=O) groups is 2. The Morgan fingerprint density at radius 2 is 2.03 bits per heavy atom. The van der Waals surface area contributed by atoms with Crippen LogP contribution in [0, 0.1) is 0 Å². The second-order valence-electron chi connectivity index (χ2n) is 7.07. The number of ether oxygens (including phenoxy) is 2. The maximum absolute atomic E-state index is 12.9. The zero-order chi connectivity index (χ0) is 22.0. The van der Waals surface area contributed by atoms with Crippen LogP contribution in [-0.4, -0.2) is 70.8 Å². The number of hydrazone groups is 1. The molecule has 1 aromatic carbocycles. The zero-order valence-electron chi connectivity index (χ0n) is 17.0. The van der Waals surface area contributed by atoms with E-state index in [4.69, 9.17) is 21.1 Å². The van der Waals surface area contributed by atoms with E-state index < -0.39 is 24.2 Å². The van der Waals surface area contributed by atoms with Crippen LogP contribution in [0.25, 0.3) is 0 Å². The number of methoxy groups -OCH3 is 1. The summed E-state index contributed by atoms with van der Waals surface area (Å²) in [5.74, 6) is 0.388. The molecule has 11 heteroatoms. The number of nitrogens with zero attached hydrogens (tertiary/aromatic N) is 5. The molecule has 2 aliphatic heterocycles. The van der Waals surface area contributed by atoms with Crippen molar-refractivity contribution in [2.24, 2.45) is 5.10 Å². The van der Waals surface area contributed by atoms with Gasteiger partial charge < -0.3 is 14.8 Å². The maximum atomic E-state index is 12.9. The molecule has 0 aliphatic carbocycles.